The van der Waals surface area contributed by atoms with Crippen molar-refractivity contribution in [2.45, 2.75) is 25.4 Å². The molecule has 2 aromatic heterocycles. The third-order valence-corrected chi connectivity index (χ3v) is 5.37. The predicted octanol–water partition coefficient (Wildman–Crippen LogP) is 4.38. The molecule has 0 spiro atoms. The Bertz CT molecular complexity index is 545. The van der Waals surface area contributed by atoms with E-state index in [0.29, 0.717) is 6.04 Å². The molecule has 0 aliphatic heterocycles. The van der Waals surface area contributed by atoms with Gasteiger partial charge in [0.15, 0.2) is 0 Å². The number of hydrogen-bond acceptors (Lipinski definition) is 3. The maximum absolute atomic E-state index is 12.5. The highest BCUT2D eigenvalue weighted by Gasteiger charge is 2.33. The highest BCUT2D eigenvalue weighted by molar-refractivity contribution is 9.10. The molecule has 5 heteroatoms. The van der Waals surface area contributed by atoms with Crippen molar-refractivity contribution in [1.82, 2.24) is 4.90 Å². The van der Waals surface area contributed by atoms with Crippen LogP contribution in [0.25, 0.3) is 0 Å². The number of hydrogen-bond donors (Lipinski definition) is 0. The molecule has 0 N–H and O–H groups in total. The summed E-state index contributed by atoms with van der Waals surface area (Å²) in [5, 5.41) is 6.14. The number of halogens is 1. The van der Waals surface area contributed by atoms with E-state index in [4.69, 9.17) is 0 Å². The van der Waals surface area contributed by atoms with Crippen LogP contribution >= 0.6 is 38.6 Å². The SMILES string of the molecule is O=C(c1cc(Br)cs1)N(Cc1ccsc1)C1CC1. The molecular weight excluding hydrogens is 330 g/mol. The van der Waals surface area contributed by atoms with E-state index in [0.717, 1.165) is 28.7 Å². The van der Waals surface area contributed by atoms with Crippen molar-refractivity contribution < 1.29 is 4.79 Å². The van der Waals surface area contributed by atoms with Crippen LogP contribution in [0.4, 0.5) is 0 Å². The van der Waals surface area contributed by atoms with Gasteiger partial charge in [-0.05, 0) is 57.2 Å². The summed E-state index contributed by atoms with van der Waals surface area (Å²) in [5.74, 6) is 0.166. The average Bonchev–Trinajstić information content (AvgIpc) is 2.88. The fraction of sp³-hybridized carbons (Fsp3) is 0.308. The molecule has 94 valence electrons. The fourth-order valence-corrected chi connectivity index (χ4v) is 3.94. The lowest BCUT2D eigenvalue weighted by molar-refractivity contribution is 0.0735. The summed E-state index contributed by atoms with van der Waals surface area (Å²) in [6.07, 6.45) is 2.28. The third-order valence-electron chi connectivity index (χ3n) is 2.96. The maximum atomic E-state index is 12.5. The van der Waals surface area contributed by atoms with Crippen LogP contribution in [-0.2, 0) is 6.54 Å². The van der Waals surface area contributed by atoms with Crippen LogP contribution in [-0.4, -0.2) is 16.8 Å². The first kappa shape index (κ1) is 12.4. The zero-order chi connectivity index (χ0) is 12.5. The number of amides is 1. The lowest BCUT2D eigenvalue weighted by atomic mass is 10.3. The van der Waals surface area contributed by atoms with Crippen molar-refractivity contribution in [3.63, 3.8) is 0 Å². The maximum Gasteiger partial charge on any atom is 0.264 e. The molecule has 3 rings (SSSR count). The Morgan fingerprint density at radius 2 is 2.28 bits per heavy atom. The van der Waals surface area contributed by atoms with E-state index in [1.54, 1.807) is 11.3 Å². The number of carbonyl (C=O) groups excluding carboxylic acids is 1. The first-order valence-electron chi connectivity index (χ1n) is 5.80. The quantitative estimate of drug-likeness (QED) is 0.808. The van der Waals surface area contributed by atoms with Crippen LogP contribution in [0.15, 0.2) is 32.7 Å². The standard InChI is InChI=1S/C13H12BrNOS2/c14-10-5-12(18-8-10)13(16)15(11-1-2-11)6-9-3-4-17-7-9/h3-5,7-8,11H,1-2,6H2. The van der Waals surface area contributed by atoms with E-state index in [2.05, 4.69) is 32.8 Å². The molecular formula is C13H12BrNOS2. The summed E-state index contributed by atoms with van der Waals surface area (Å²) in [4.78, 5) is 15.3. The van der Waals surface area contributed by atoms with E-state index < -0.39 is 0 Å². The molecule has 18 heavy (non-hydrogen) atoms. The molecule has 1 aliphatic carbocycles. The van der Waals surface area contributed by atoms with Crippen LogP contribution < -0.4 is 0 Å². The Morgan fingerprint density at radius 3 is 2.83 bits per heavy atom. The normalized spacial score (nSPS) is 14.7. The van der Waals surface area contributed by atoms with Crippen LogP contribution in [0.1, 0.15) is 28.1 Å². The summed E-state index contributed by atoms with van der Waals surface area (Å²) >= 11 is 6.59. The van der Waals surface area contributed by atoms with Crippen molar-refractivity contribution in [3.05, 3.63) is 43.2 Å². The molecule has 0 atom stereocenters. The van der Waals surface area contributed by atoms with Gasteiger partial charge in [0.25, 0.3) is 5.91 Å². The monoisotopic (exact) mass is 341 g/mol. The average molecular weight is 342 g/mol. The minimum absolute atomic E-state index is 0.166. The molecule has 1 amide bonds. The van der Waals surface area contributed by atoms with Gasteiger partial charge in [0, 0.05) is 22.4 Å². The molecule has 1 fully saturated rings. The number of nitrogens with zero attached hydrogens (tertiary/aromatic N) is 1. The van der Waals surface area contributed by atoms with Gasteiger partial charge >= 0.3 is 0 Å². The predicted molar refractivity (Wildman–Crippen MR) is 79.2 cm³/mol. The van der Waals surface area contributed by atoms with Crippen molar-refractivity contribution in [2.24, 2.45) is 0 Å². The number of carbonyl (C=O) groups is 1. The minimum Gasteiger partial charge on any atom is -0.331 e. The smallest absolute Gasteiger partial charge is 0.264 e. The second-order valence-electron chi connectivity index (χ2n) is 4.43. The largest absolute Gasteiger partial charge is 0.331 e. The van der Waals surface area contributed by atoms with Gasteiger partial charge in [-0.25, -0.2) is 0 Å². The molecule has 0 radical (unpaired) electrons. The molecule has 1 saturated carbocycles. The van der Waals surface area contributed by atoms with Gasteiger partial charge in [0.1, 0.15) is 0 Å². The zero-order valence-electron chi connectivity index (χ0n) is 9.64. The number of rotatable bonds is 4. The van der Waals surface area contributed by atoms with E-state index in [1.165, 1.54) is 16.9 Å². The van der Waals surface area contributed by atoms with Crippen LogP contribution in [0.5, 0.6) is 0 Å². The first-order valence-corrected chi connectivity index (χ1v) is 8.41. The molecule has 2 aromatic rings. The summed E-state index contributed by atoms with van der Waals surface area (Å²) < 4.78 is 0.988. The second-order valence-corrected chi connectivity index (χ2v) is 7.03. The lowest BCUT2D eigenvalue weighted by Gasteiger charge is -2.21. The van der Waals surface area contributed by atoms with E-state index in [1.807, 2.05) is 16.3 Å². The minimum atomic E-state index is 0.166. The van der Waals surface area contributed by atoms with Crippen LogP contribution in [0.3, 0.4) is 0 Å². The van der Waals surface area contributed by atoms with Gasteiger partial charge in [-0.15, -0.1) is 11.3 Å². The topological polar surface area (TPSA) is 20.3 Å². The first-order chi connectivity index (χ1) is 8.74. The molecule has 0 saturated heterocycles. The Kier molecular flexibility index (Phi) is 3.54. The van der Waals surface area contributed by atoms with Gasteiger partial charge in [0.05, 0.1) is 4.88 Å². The van der Waals surface area contributed by atoms with Crippen molar-refractivity contribution >= 4 is 44.5 Å². The molecule has 2 nitrogen and oxygen atoms in total. The van der Waals surface area contributed by atoms with Crippen LogP contribution in [0, 0.1) is 0 Å². The highest BCUT2D eigenvalue weighted by Crippen LogP contribution is 2.31. The molecule has 0 aromatic carbocycles. The van der Waals surface area contributed by atoms with E-state index >= 15 is 0 Å². The summed E-state index contributed by atoms with van der Waals surface area (Å²) in [6, 6.07) is 4.45. The zero-order valence-corrected chi connectivity index (χ0v) is 12.9. The Morgan fingerprint density at radius 1 is 1.44 bits per heavy atom. The van der Waals surface area contributed by atoms with Gasteiger partial charge in [-0.3, -0.25) is 4.79 Å². The summed E-state index contributed by atoms with van der Waals surface area (Å²) in [5.41, 5.74) is 1.23. The Labute approximate surface area is 122 Å². The van der Waals surface area contributed by atoms with E-state index in [9.17, 15) is 4.79 Å². The second kappa shape index (κ2) is 5.15. The molecule has 1 aliphatic rings. The van der Waals surface area contributed by atoms with Gasteiger partial charge in [-0.2, -0.15) is 11.3 Å². The Balaban J connectivity index is 1.79. The van der Waals surface area contributed by atoms with Crippen molar-refractivity contribution in [3.8, 4) is 0 Å². The molecule has 0 bridgehead atoms. The third kappa shape index (κ3) is 2.68. The fourth-order valence-electron chi connectivity index (χ4n) is 1.90. The summed E-state index contributed by atoms with van der Waals surface area (Å²) in [7, 11) is 0. The summed E-state index contributed by atoms with van der Waals surface area (Å²) in [6.45, 7) is 0.739. The molecule has 2 heterocycles. The lowest BCUT2D eigenvalue weighted by Crippen LogP contribution is -2.31. The highest BCUT2D eigenvalue weighted by atomic mass is 79.9. The Hall–Kier alpha value is -0.650. The van der Waals surface area contributed by atoms with Gasteiger partial charge in [-0.1, -0.05) is 0 Å². The van der Waals surface area contributed by atoms with Crippen molar-refractivity contribution in [2.75, 3.05) is 0 Å². The van der Waals surface area contributed by atoms with Crippen molar-refractivity contribution in [1.29, 1.82) is 0 Å². The van der Waals surface area contributed by atoms with Gasteiger partial charge in [0.2, 0.25) is 0 Å². The van der Waals surface area contributed by atoms with Crippen LogP contribution in [0.2, 0.25) is 0 Å². The van der Waals surface area contributed by atoms with Gasteiger partial charge < -0.3 is 4.90 Å². The number of thiophene rings is 2. The van der Waals surface area contributed by atoms with E-state index in [-0.39, 0.29) is 5.91 Å². The molecule has 0 unspecified atom stereocenters.